The lowest BCUT2D eigenvalue weighted by atomic mass is 10.1. The molecule has 1 N–H and O–H groups in total. The second-order valence-electron chi connectivity index (χ2n) is 4.76. The summed E-state index contributed by atoms with van der Waals surface area (Å²) in [7, 11) is 0. The van der Waals surface area contributed by atoms with Crippen LogP contribution >= 0.6 is 11.8 Å². The van der Waals surface area contributed by atoms with Crippen LogP contribution in [0.2, 0.25) is 0 Å². The third-order valence-corrected chi connectivity index (χ3v) is 4.36. The van der Waals surface area contributed by atoms with Crippen molar-refractivity contribution in [2.45, 2.75) is 30.6 Å². The molecule has 0 bridgehead atoms. The molecule has 0 aromatic heterocycles. The second kappa shape index (κ2) is 6.60. The zero-order chi connectivity index (χ0) is 14.5. The van der Waals surface area contributed by atoms with Gasteiger partial charge in [0.1, 0.15) is 0 Å². The summed E-state index contributed by atoms with van der Waals surface area (Å²) in [6.07, 6.45) is -0.526. The van der Waals surface area contributed by atoms with Crippen molar-refractivity contribution in [2.24, 2.45) is 0 Å². The normalized spacial score (nSPS) is 11.9. The molecule has 2 nitrogen and oxygen atoms in total. The van der Waals surface area contributed by atoms with E-state index < -0.39 is 6.10 Å². The van der Waals surface area contributed by atoms with Crippen molar-refractivity contribution in [3.63, 3.8) is 0 Å². The van der Waals surface area contributed by atoms with Gasteiger partial charge in [0.15, 0.2) is 0 Å². The average Bonchev–Trinajstić information content (AvgIpc) is 2.46. The van der Waals surface area contributed by atoms with Gasteiger partial charge in [-0.25, -0.2) is 0 Å². The Hall–Kier alpha value is -1.76. The van der Waals surface area contributed by atoms with Crippen molar-refractivity contribution in [1.82, 2.24) is 0 Å². The summed E-state index contributed by atoms with van der Waals surface area (Å²) in [4.78, 5) is 0.974. The highest BCUT2D eigenvalue weighted by Crippen LogP contribution is 2.31. The van der Waals surface area contributed by atoms with Gasteiger partial charge in [0, 0.05) is 10.6 Å². The predicted octanol–water partition coefficient (Wildman–Crippen LogP) is 4.21. The lowest BCUT2D eigenvalue weighted by Gasteiger charge is -2.12. The van der Waals surface area contributed by atoms with E-state index in [0.717, 1.165) is 16.2 Å². The number of aliphatic hydroxyl groups is 1. The Bertz CT molecular complexity index is 644. The van der Waals surface area contributed by atoms with E-state index in [-0.39, 0.29) is 0 Å². The van der Waals surface area contributed by atoms with Gasteiger partial charge in [-0.15, -0.1) is 11.8 Å². The van der Waals surface area contributed by atoms with E-state index in [1.54, 1.807) is 24.8 Å². The van der Waals surface area contributed by atoms with Gasteiger partial charge >= 0.3 is 0 Å². The zero-order valence-electron chi connectivity index (χ0n) is 11.6. The van der Waals surface area contributed by atoms with Gasteiger partial charge in [0.25, 0.3) is 0 Å². The van der Waals surface area contributed by atoms with Crippen LogP contribution in [0.15, 0.2) is 47.4 Å². The van der Waals surface area contributed by atoms with Gasteiger partial charge in [-0.3, -0.25) is 0 Å². The van der Waals surface area contributed by atoms with E-state index in [1.807, 2.05) is 24.3 Å². The van der Waals surface area contributed by atoms with Gasteiger partial charge in [-0.2, -0.15) is 5.26 Å². The van der Waals surface area contributed by atoms with Crippen LogP contribution in [-0.4, -0.2) is 5.11 Å². The van der Waals surface area contributed by atoms with Crippen LogP contribution in [0.25, 0.3) is 0 Å². The number of thioether (sulfide) groups is 1. The number of nitriles is 1. The Kier molecular flexibility index (Phi) is 4.84. The minimum absolute atomic E-state index is 0.526. The van der Waals surface area contributed by atoms with Crippen molar-refractivity contribution < 1.29 is 5.11 Å². The summed E-state index contributed by atoms with van der Waals surface area (Å²) in [5, 5.41) is 18.8. The maximum Gasteiger partial charge on any atom is 0.0992 e. The number of rotatable bonds is 4. The first-order valence-corrected chi connectivity index (χ1v) is 7.50. The highest BCUT2D eigenvalue weighted by Gasteiger charge is 2.10. The molecular weight excluding hydrogens is 266 g/mol. The Balaban J connectivity index is 2.24. The van der Waals surface area contributed by atoms with Gasteiger partial charge in [-0.05, 0) is 42.7 Å². The van der Waals surface area contributed by atoms with Crippen LogP contribution < -0.4 is 0 Å². The fraction of sp³-hybridized carbons (Fsp3) is 0.235. The minimum Gasteiger partial charge on any atom is -0.389 e. The fourth-order valence-electron chi connectivity index (χ4n) is 2.00. The number of hydrogen-bond donors (Lipinski definition) is 1. The van der Waals surface area contributed by atoms with E-state index in [2.05, 4.69) is 25.1 Å². The second-order valence-corrected chi connectivity index (χ2v) is 5.77. The largest absolute Gasteiger partial charge is 0.389 e. The molecule has 2 rings (SSSR count). The molecule has 20 heavy (non-hydrogen) atoms. The lowest BCUT2D eigenvalue weighted by Crippen LogP contribution is -1.95. The molecule has 0 radical (unpaired) electrons. The van der Waals surface area contributed by atoms with Crippen molar-refractivity contribution in [3.8, 4) is 6.07 Å². The van der Waals surface area contributed by atoms with Gasteiger partial charge < -0.3 is 5.11 Å². The van der Waals surface area contributed by atoms with Crippen LogP contribution in [0.1, 0.15) is 35.3 Å². The van der Waals surface area contributed by atoms with E-state index in [1.165, 1.54) is 11.1 Å². The van der Waals surface area contributed by atoms with Gasteiger partial charge in [-0.1, -0.05) is 30.3 Å². The highest BCUT2D eigenvalue weighted by atomic mass is 32.2. The summed E-state index contributed by atoms with van der Waals surface area (Å²) in [5.74, 6) is 0.835. The third-order valence-electron chi connectivity index (χ3n) is 3.24. The molecule has 0 spiro atoms. The van der Waals surface area contributed by atoms with E-state index in [9.17, 15) is 5.11 Å². The molecule has 2 aromatic rings. The van der Waals surface area contributed by atoms with Gasteiger partial charge in [0.2, 0.25) is 0 Å². The standard InChI is InChI=1S/C17H17NOS/c1-12-5-3-4-6-15(12)11-20-17-9-14(10-18)7-8-16(17)13(2)19/h3-9,13,19H,11H2,1-2H3/t13-/m0/s1. The van der Waals surface area contributed by atoms with Crippen molar-refractivity contribution in [1.29, 1.82) is 5.26 Å². The molecule has 0 heterocycles. The number of hydrogen-bond acceptors (Lipinski definition) is 3. The molecular formula is C17H17NOS. The molecule has 2 aromatic carbocycles. The summed E-state index contributed by atoms with van der Waals surface area (Å²) in [5.41, 5.74) is 4.04. The maximum atomic E-state index is 9.82. The molecule has 0 unspecified atom stereocenters. The molecule has 0 aliphatic heterocycles. The topological polar surface area (TPSA) is 44.0 Å². The zero-order valence-corrected chi connectivity index (χ0v) is 12.4. The molecule has 0 amide bonds. The summed E-state index contributed by atoms with van der Waals surface area (Å²) >= 11 is 1.66. The molecule has 1 atom stereocenters. The highest BCUT2D eigenvalue weighted by molar-refractivity contribution is 7.98. The van der Waals surface area contributed by atoms with E-state index >= 15 is 0 Å². The molecule has 0 fully saturated rings. The van der Waals surface area contributed by atoms with Crippen LogP contribution in [0, 0.1) is 18.3 Å². The first-order valence-electron chi connectivity index (χ1n) is 6.51. The number of nitrogens with zero attached hydrogens (tertiary/aromatic N) is 1. The van der Waals surface area contributed by atoms with Crippen LogP contribution in [-0.2, 0) is 5.75 Å². The smallest absolute Gasteiger partial charge is 0.0992 e. The Morgan fingerprint density at radius 3 is 2.65 bits per heavy atom. The number of benzene rings is 2. The summed E-state index contributed by atoms with van der Waals surface area (Å²) in [6, 6.07) is 15.9. The van der Waals surface area contributed by atoms with Crippen LogP contribution in [0.4, 0.5) is 0 Å². The Morgan fingerprint density at radius 1 is 1.25 bits per heavy atom. The van der Waals surface area contributed by atoms with E-state index in [4.69, 9.17) is 5.26 Å². The van der Waals surface area contributed by atoms with Crippen molar-refractivity contribution >= 4 is 11.8 Å². The van der Waals surface area contributed by atoms with Crippen molar-refractivity contribution in [3.05, 3.63) is 64.7 Å². The van der Waals surface area contributed by atoms with Crippen molar-refractivity contribution in [2.75, 3.05) is 0 Å². The monoisotopic (exact) mass is 283 g/mol. The van der Waals surface area contributed by atoms with Crippen LogP contribution in [0.5, 0.6) is 0 Å². The molecule has 3 heteroatoms. The molecule has 0 saturated carbocycles. The summed E-state index contributed by atoms with van der Waals surface area (Å²) < 4.78 is 0. The maximum absolute atomic E-state index is 9.82. The third kappa shape index (κ3) is 3.41. The van der Waals surface area contributed by atoms with Gasteiger partial charge in [0.05, 0.1) is 17.7 Å². The lowest BCUT2D eigenvalue weighted by molar-refractivity contribution is 0.196. The molecule has 0 aliphatic carbocycles. The Labute approximate surface area is 124 Å². The number of aliphatic hydroxyl groups excluding tert-OH is 1. The number of aryl methyl sites for hydroxylation is 1. The average molecular weight is 283 g/mol. The van der Waals surface area contributed by atoms with E-state index in [0.29, 0.717) is 5.56 Å². The Morgan fingerprint density at radius 2 is 2.00 bits per heavy atom. The summed E-state index contributed by atoms with van der Waals surface area (Å²) in [6.45, 7) is 3.84. The SMILES string of the molecule is Cc1ccccc1CSc1cc(C#N)ccc1[C@H](C)O. The molecule has 102 valence electrons. The van der Waals surface area contributed by atoms with Crippen LogP contribution in [0.3, 0.4) is 0 Å². The first-order chi connectivity index (χ1) is 9.61. The quantitative estimate of drug-likeness (QED) is 0.855. The fourth-order valence-corrected chi connectivity index (χ4v) is 3.25. The predicted molar refractivity (Wildman–Crippen MR) is 82.5 cm³/mol. The molecule has 0 saturated heterocycles. The molecule has 0 aliphatic rings. The first kappa shape index (κ1) is 14.6. The minimum atomic E-state index is -0.526.